The molecule has 3 heteroatoms. The van der Waals surface area contributed by atoms with Crippen LogP contribution in [0.4, 0.5) is 0 Å². The molecule has 3 fully saturated rings. The maximum absolute atomic E-state index is 13.3. The number of Topliss-reactive ketones (excluding diaryl/α,β-unsaturated/α-hetero) is 2. The molecule has 3 saturated carbocycles. The third kappa shape index (κ3) is 2.63. The number of carbonyl (C=O) groups excluding carboxylic acids is 3. The molecule has 0 bridgehead atoms. The van der Waals surface area contributed by atoms with Gasteiger partial charge in [-0.3, -0.25) is 14.4 Å². The largest absolute Gasteiger partial charge is 0.299 e. The topological polar surface area (TPSA) is 51.2 Å². The van der Waals surface area contributed by atoms with E-state index in [1.807, 2.05) is 20.8 Å². The maximum atomic E-state index is 13.3. The molecule has 4 aliphatic rings. The highest BCUT2D eigenvalue weighted by molar-refractivity contribution is 5.97. The normalized spacial score (nSPS) is 46.6. The standard InChI is InChI=1S/C24H34O3/c1-22(2,3)21(27)17-13-19(26)24(5)11-9-18-16(20(17)24)7-6-14-12-15(25)8-10-23(14,18)4/h8,10,14,16-18,20H,6-7,9,11-13H2,1-5H3/t14?,16-,17?,18-,20-,23+,24-/m1/s1. The van der Waals surface area contributed by atoms with E-state index in [1.54, 1.807) is 6.08 Å². The Bertz CT molecular complexity index is 726. The Hall–Kier alpha value is -1.25. The fourth-order valence-electron chi connectivity index (χ4n) is 7.32. The third-order valence-corrected chi connectivity index (χ3v) is 8.84. The van der Waals surface area contributed by atoms with Gasteiger partial charge in [0, 0.05) is 29.6 Å². The molecule has 4 rings (SSSR count). The molecule has 0 saturated heterocycles. The van der Waals surface area contributed by atoms with E-state index in [1.165, 1.54) is 0 Å². The van der Waals surface area contributed by atoms with Crippen molar-refractivity contribution in [1.82, 2.24) is 0 Å². The van der Waals surface area contributed by atoms with Crippen LogP contribution < -0.4 is 0 Å². The highest BCUT2D eigenvalue weighted by Crippen LogP contribution is 2.65. The molecule has 0 amide bonds. The summed E-state index contributed by atoms with van der Waals surface area (Å²) in [5, 5.41) is 0. The molecule has 2 unspecified atom stereocenters. The van der Waals surface area contributed by atoms with Crippen molar-refractivity contribution < 1.29 is 14.4 Å². The summed E-state index contributed by atoms with van der Waals surface area (Å²) < 4.78 is 0. The maximum Gasteiger partial charge on any atom is 0.155 e. The molecule has 27 heavy (non-hydrogen) atoms. The third-order valence-electron chi connectivity index (χ3n) is 8.84. The zero-order chi connectivity index (χ0) is 19.8. The van der Waals surface area contributed by atoms with Crippen LogP contribution >= 0.6 is 0 Å². The molecule has 0 spiro atoms. The fourth-order valence-corrected chi connectivity index (χ4v) is 7.32. The number of rotatable bonds is 1. The molecule has 0 aromatic heterocycles. The first kappa shape index (κ1) is 19.1. The lowest BCUT2D eigenvalue weighted by molar-refractivity contribution is -0.141. The van der Waals surface area contributed by atoms with Gasteiger partial charge in [-0.15, -0.1) is 0 Å². The minimum absolute atomic E-state index is 0.0408. The second-order valence-corrected chi connectivity index (χ2v) is 11.2. The number of carbonyl (C=O) groups is 3. The molecule has 148 valence electrons. The van der Waals surface area contributed by atoms with Gasteiger partial charge in [0.05, 0.1) is 0 Å². The predicted octanol–water partition coefficient (Wildman–Crippen LogP) is 4.78. The van der Waals surface area contributed by atoms with Crippen molar-refractivity contribution in [2.75, 3.05) is 0 Å². The molecule has 3 nitrogen and oxygen atoms in total. The van der Waals surface area contributed by atoms with Gasteiger partial charge < -0.3 is 0 Å². The van der Waals surface area contributed by atoms with E-state index in [2.05, 4.69) is 19.9 Å². The van der Waals surface area contributed by atoms with Crippen molar-refractivity contribution >= 4 is 17.3 Å². The van der Waals surface area contributed by atoms with Crippen LogP contribution in [0.3, 0.4) is 0 Å². The van der Waals surface area contributed by atoms with Crippen molar-refractivity contribution in [2.24, 2.45) is 45.8 Å². The molecular weight excluding hydrogens is 336 g/mol. The first-order valence-electron chi connectivity index (χ1n) is 10.8. The van der Waals surface area contributed by atoms with Gasteiger partial charge in [-0.05, 0) is 60.8 Å². The number of allylic oxidation sites excluding steroid dienone is 2. The van der Waals surface area contributed by atoms with Gasteiger partial charge in [0.15, 0.2) is 5.78 Å². The molecule has 0 aliphatic heterocycles. The van der Waals surface area contributed by atoms with E-state index in [9.17, 15) is 14.4 Å². The van der Waals surface area contributed by atoms with Gasteiger partial charge in [-0.1, -0.05) is 40.7 Å². The second-order valence-electron chi connectivity index (χ2n) is 11.2. The molecule has 0 radical (unpaired) electrons. The van der Waals surface area contributed by atoms with Crippen molar-refractivity contribution in [3.05, 3.63) is 12.2 Å². The fraction of sp³-hybridized carbons (Fsp3) is 0.792. The number of hydrogen-bond donors (Lipinski definition) is 0. The molecule has 7 atom stereocenters. The monoisotopic (exact) mass is 370 g/mol. The lowest BCUT2D eigenvalue weighted by atomic mass is 9.45. The SMILES string of the molecule is CC(C)(C)C(=O)C1CC(=O)[C@@]2(C)CC[C@@H]3[C@@H](CCC4CC(=O)C=C[C@@]43C)[C@H]12. The van der Waals surface area contributed by atoms with E-state index >= 15 is 0 Å². The van der Waals surface area contributed by atoms with Crippen LogP contribution in [0.25, 0.3) is 0 Å². The minimum atomic E-state index is -0.401. The van der Waals surface area contributed by atoms with Gasteiger partial charge >= 0.3 is 0 Å². The predicted molar refractivity (Wildman–Crippen MR) is 105 cm³/mol. The highest BCUT2D eigenvalue weighted by Gasteiger charge is 2.64. The zero-order valence-corrected chi connectivity index (χ0v) is 17.5. The molecule has 0 heterocycles. The average molecular weight is 371 g/mol. The van der Waals surface area contributed by atoms with Gasteiger partial charge in [-0.25, -0.2) is 0 Å². The average Bonchev–Trinajstić information content (AvgIpc) is 2.85. The van der Waals surface area contributed by atoms with Crippen molar-refractivity contribution in [3.63, 3.8) is 0 Å². The van der Waals surface area contributed by atoms with Crippen molar-refractivity contribution in [2.45, 2.75) is 73.1 Å². The minimum Gasteiger partial charge on any atom is -0.299 e. The molecular formula is C24H34O3. The van der Waals surface area contributed by atoms with Crippen LogP contribution in [0, 0.1) is 45.8 Å². The Balaban J connectivity index is 1.73. The van der Waals surface area contributed by atoms with Crippen LogP contribution in [0.2, 0.25) is 0 Å². The van der Waals surface area contributed by atoms with Gasteiger partial charge in [-0.2, -0.15) is 0 Å². The molecule has 0 aromatic rings. The summed E-state index contributed by atoms with van der Waals surface area (Å²) in [5.74, 6) is 2.24. The van der Waals surface area contributed by atoms with Crippen LogP contribution in [0.5, 0.6) is 0 Å². The van der Waals surface area contributed by atoms with Crippen molar-refractivity contribution in [3.8, 4) is 0 Å². The Kier molecular flexibility index (Phi) is 4.15. The zero-order valence-electron chi connectivity index (χ0n) is 17.5. The van der Waals surface area contributed by atoms with E-state index in [0.717, 1.165) is 25.7 Å². The summed E-state index contributed by atoms with van der Waals surface area (Å²) in [6, 6.07) is 0. The quantitative estimate of drug-likeness (QED) is 0.667. The van der Waals surface area contributed by atoms with E-state index in [0.29, 0.717) is 36.4 Å². The van der Waals surface area contributed by atoms with Crippen LogP contribution in [0.1, 0.15) is 73.1 Å². The highest BCUT2D eigenvalue weighted by atomic mass is 16.1. The molecule has 0 N–H and O–H groups in total. The van der Waals surface area contributed by atoms with Crippen LogP contribution in [0.15, 0.2) is 12.2 Å². The Labute approximate surface area is 163 Å². The summed E-state index contributed by atoms with van der Waals surface area (Å²) in [6.07, 6.45) is 9.14. The Morgan fingerprint density at radius 2 is 1.78 bits per heavy atom. The second kappa shape index (κ2) is 5.87. The first-order valence-corrected chi connectivity index (χ1v) is 10.8. The summed E-state index contributed by atoms with van der Waals surface area (Å²) in [4.78, 5) is 38.3. The van der Waals surface area contributed by atoms with Gasteiger partial charge in [0.1, 0.15) is 11.6 Å². The number of ketones is 3. The molecule has 0 aromatic carbocycles. The summed E-state index contributed by atoms with van der Waals surface area (Å²) in [7, 11) is 0. The smallest absolute Gasteiger partial charge is 0.155 e. The van der Waals surface area contributed by atoms with Crippen LogP contribution in [-0.2, 0) is 14.4 Å². The van der Waals surface area contributed by atoms with E-state index in [-0.39, 0.29) is 34.2 Å². The summed E-state index contributed by atoms with van der Waals surface area (Å²) in [6.45, 7) is 10.4. The van der Waals surface area contributed by atoms with Crippen molar-refractivity contribution in [1.29, 1.82) is 0 Å². The lowest BCUT2D eigenvalue weighted by Gasteiger charge is -2.58. The first-order chi connectivity index (χ1) is 12.5. The van der Waals surface area contributed by atoms with Gasteiger partial charge in [0.2, 0.25) is 0 Å². The van der Waals surface area contributed by atoms with E-state index in [4.69, 9.17) is 0 Å². The Morgan fingerprint density at radius 3 is 2.44 bits per heavy atom. The summed E-state index contributed by atoms with van der Waals surface area (Å²) in [5.41, 5.74) is -0.690. The lowest BCUT2D eigenvalue weighted by Crippen LogP contribution is -2.54. The molecule has 4 aliphatic carbocycles. The van der Waals surface area contributed by atoms with Gasteiger partial charge in [0.25, 0.3) is 0 Å². The van der Waals surface area contributed by atoms with Crippen LogP contribution in [-0.4, -0.2) is 17.3 Å². The number of fused-ring (bicyclic) bond motifs is 5. The van der Waals surface area contributed by atoms with E-state index < -0.39 is 5.41 Å². The Morgan fingerprint density at radius 1 is 1.07 bits per heavy atom. The number of hydrogen-bond acceptors (Lipinski definition) is 3. The summed E-state index contributed by atoms with van der Waals surface area (Å²) >= 11 is 0.